The molecule has 0 saturated carbocycles. The number of hydrogen-bond acceptors (Lipinski definition) is 4. The van der Waals surface area contributed by atoms with E-state index in [2.05, 4.69) is 9.98 Å². The van der Waals surface area contributed by atoms with Gasteiger partial charge in [0.05, 0.1) is 5.70 Å². The van der Waals surface area contributed by atoms with Gasteiger partial charge in [0.15, 0.2) is 11.6 Å². The van der Waals surface area contributed by atoms with Crippen LogP contribution in [0, 0.1) is 0 Å². The molecule has 0 N–H and O–H groups in total. The molecule has 4 nitrogen and oxygen atoms in total. The average molecular weight is 288 g/mol. The van der Waals surface area contributed by atoms with Crippen LogP contribution in [0.15, 0.2) is 45.7 Å². The third-order valence-electron chi connectivity index (χ3n) is 2.71. The van der Waals surface area contributed by atoms with Crippen molar-refractivity contribution in [2.24, 2.45) is 9.98 Å². The highest BCUT2D eigenvalue weighted by Gasteiger charge is 2.06. The summed E-state index contributed by atoms with van der Waals surface area (Å²) in [7, 11) is 0. The summed E-state index contributed by atoms with van der Waals surface area (Å²) in [6.45, 7) is 3.69. The lowest BCUT2D eigenvalue weighted by Gasteiger charge is -1.89. The summed E-state index contributed by atoms with van der Waals surface area (Å²) < 4.78 is 0. The first-order chi connectivity index (χ1) is 9.67. The van der Waals surface area contributed by atoms with Gasteiger partial charge in [0.25, 0.3) is 0 Å². The molecule has 0 saturated heterocycles. The number of Topliss-reactive ketones (excluding diaryl/α,β-unsaturated/α-hetero) is 1. The summed E-state index contributed by atoms with van der Waals surface area (Å²) >= 11 is 0. The zero-order chi connectivity index (χ0) is 14.8. The van der Waals surface area contributed by atoms with Gasteiger partial charge in [0, 0.05) is 38.1 Å². The van der Waals surface area contributed by atoms with Crippen LogP contribution >= 0.6 is 0 Å². The van der Waals surface area contributed by atoms with E-state index in [1.54, 1.807) is 18.4 Å². The van der Waals surface area contributed by atoms with E-state index >= 15 is 0 Å². The lowest BCUT2D eigenvalue weighted by atomic mass is 10.2. The van der Waals surface area contributed by atoms with Gasteiger partial charge in [-0.05, 0) is 18.2 Å². The molecule has 0 atom stereocenters. The van der Waals surface area contributed by atoms with Gasteiger partial charge in [-0.3, -0.25) is 19.6 Å². The number of aliphatic imine (C=N–C) groups is 2. The van der Waals surface area contributed by atoms with Crippen molar-refractivity contribution < 1.29 is 9.59 Å². The molecule has 0 bridgehead atoms. The van der Waals surface area contributed by atoms with Crippen LogP contribution in [0.2, 0.25) is 0 Å². The van der Waals surface area contributed by atoms with Gasteiger partial charge in [-0.1, -0.05) is 27.4 Å². The summed E-state index contributed by atoms with van der Waals surface area (Å²) in [6, 6.07) is 0. The van der Waals surface area contributed by atoms with Crippen molar-refractivity contribution in [3.8, 4) is 0 Å². The van der Waals surface area contributed by atoms with E-state index < -0.39 is 0 Å². The number of ketones is 2. The SMILES string of the molecule is C.CCC(=O)/C=C/C1=CCC=N1.CCC(=O)C1=CCC=N1. The zero-order valence-corrected chi connectivity index (χ0v) is 12.0. The molecule has 114 valence electrons. The smallest absolute Gasteiger partial charge is 0.180 e. The van der Waals surface area contributed by atoms with Crippen molar-refractivity contribution in [3.63, 3.8) is 0 Å². The second-order valence-electron chi connectivity index (χ2n) is 4.24. The average Bonchev–Trinajstić information content (AvgIpc) is 3.17. The van der Waals surface area contributed by atoms with Gasteiger partial charge >= 0.3 is 0 Å². The van der Waals surface area contributed by atoms with E-state index in [1.165, 1.54) is 0 Å². The summed E-state index contributed by atoms with van der Waals surface area (Å²) in [5, 5.41) is 0. The maximum absolute atomic E-state index is 10.8. The molecule has 0 amide bonds. The van der Waals surface area contributed by atoms with Gasteiger partial charge in [-0.25, -0.2) is 0 Å². The number of nitrogens with zero attached hydrogens (tertiary/aromatic N) is 2. The summed E-state index contributed by atoms with van der Waals surface area (Å²) in [5.74, 6) is 0.289. The quantitative estimate of drug-likeness (QED) is 0.722. The highest BCUT2D eigenvalue weighted by atomic mass is 16.1. The van der Waals surface area contributed by atoms with Crippen LogP contribution in [0.1, 0.15) is 47.0 Å². The highest BCUT2D eigenvalue weighted by molar-refractivity contribution is 5.97. The number of allylic oxidation sites excluding steroid dienone is 5. The van der Waals surface area contributed by atoms with Gasteiger partial charge in [0.2, 0.25) is 0 Å². The molecular formula is C17H24N2O2. The molecule has 2 rings (SSSR count). The van der Waals surface area contributed by atoms with Crippen molar-refractivity contribution >= 4 is 24.0 Å². The number of carbonyl (C=O) groups excluding carboxylic acids is 2. The van der Waals surface area contributed by atoms with Gasteiger partial charge in [0.1, 0.15) is 5.70 Å². The second kappa shape index (κ2) is 10.7. The topological polar surface area (TPSA) is 58.9 Å². The predicted octanol–water partition coefficient (Wildman–Crippen LogP) is 3.84. The maximum atomic E-state index is 10.8. The third kappa shape index (κ3) is 7.30. The monoisotopic (exact) mass is 288 g/mol. The van der Waals surface area contributed by atoms with Crippen LogP contribution < -0.4 is 0 Å². The minimum Gasteiger partial charge on any atom is -0.295 e. The third-order valence-corrected chi connectivity index (χ3v) is 2.71. The van der Waals surface area contributed by atoms with Crippen LogP contribution in [0.4, 0.5) is 0 Å². The van der Waals surface area contributed by atoms with Gasteiger partial charge in [-0.2, -0.15) is 0 Å². The second-order valence-corrected chi connectivity index (χ2v) is 4.24. The molecule has 0 aliphatic carbocycles. The van der Waals surface area contributed by atoms with Crippen molar-refractivity contribution in [2.75, 3.05) is 0 Å². The fourth-order valence-electron chi connectivity index (χ4n) is 1.53. The van der Waals surface area contributed by atoms with Crippen molar-refractivity contribution in [1.82, 2.24) is 0 Å². The van der Waals surface area contributed by atoms with Crippen molar-refractivity contribution in [3.05, 3.63) is 35.7 Å². The Labute approximate surface area is 127 Å². The Morgan fingerprint density at radius 2 is 1.76 bits per heavy atom. The van der Waals surface area contributed by atoms with Gasteiger partial charge in [-0.15, -0.1) is 0 Å². The number of carbonyl (C=O) groups is 2. The van der Waals surface area contributed by atoms with Crippen LogP contribution in [-0.4, -0.2) is 24.0 Å². The molecule has 0 unspecified atom stereocenters. The Morgan fingerprint density at radius 3 is 2.24 bits per heavy atom. The molecule has 2 aliphatic heterocycles. The van der Waals surface area contributed by atoms with Crippen molar-refractivity contribution in [1.29, 1.82) is 0 Å². The fraction of sp³-hybridized carbons (Fsp3) is 0.412. The Bertz CT molecular complexity index is 509. The lowest BCUT2D eigenvalue weighted by molar-refractivity contribution is -0.115. The van der Waals surface area contributed by atoms with E-state index in [0.29, 0.717) is 18.5 Å². The fourth-order valence-corrected chi connectivity index (χ4v) is 1.53. The minimum atomic E-state index is 0. The Balaban J connectivity index is 0.000000370. The Hall–Kier alpha value is -2.10. The van der Waals surface area contributed by atoms with Crippen molar-refractivity contribution in [2.45, 2.75) is 47.0 Å². The first-order valence-corrected chi connectivity index (χ1v) is 6.86. The number of rotatable bonds is 5. The first-order valence-electron chi connectivity index (χ1n) is 6.86. The molecule has 0 radical (unpaired) electrons. The summed E-state index contributed by atoms with van der Waals surface area (Å²) in [4.78, 5) is 29.6. The maximum Gasteiger partial charge on any atom is 0.180 e. The molecule has 2 aliphatic rings. The Morgan fingerprint density at radius 1 is 1.10 bits per heavy atom. The van der Waals surface area contributed by atoms with E-state index in [-0.39, 0.29) is 19.0 Å². The zero-order valence-electron chi connectivity index (χ0n) is 12.0. The molecule has 0 aromatic heterocycles. The molecule has 0 spiro atoms. The largest absolute Gasteiger partial charge is 0.295 e. The Kier molecular flexibility index (Phi) is 9.59. The minimum absolute atomic E-state index is 0. The first kappa shape index (κ1) is 18.9. The van der Waals surface area contributed by atoms with E-state index in [9.17, 15) is 9.59 Å². The molecule has 21 heavy (non-hydrogen) atoms. The van der Waals surface area contributed by atoms with Gasteiger partial charge < -0.3 is 0 Å². The van der Waals surface area contributed by atoms with Crippen LogP contribution in [-0.2, 0) is 9.59 Å². The molecule has 0 fully saturated rings. The molecule has 0 aromatic carbocycles. The summed E-state index contributed by atoms with van der Waals surface area (Å²) in [6.07, 6.45) is 13.6. The lowest BCUT2D eigenvalue weighted by Crippen LogP contribution is -1.94. The number of hydrogen-bond donors (Lipinski definition) is 0. The summed E-state index contributed by atoms with van der Waals surface area (Å²) in [5.41, 5.74) is 1.53. The standard InChI is InChI=1S/C9H11NO.C7H9NO.CH4/c1-2-9(11)6-5-8-4-3-7-10-8;1-2-7(9)6-4-3-5-8-6;/h4-7H,2-3H2,1H3;4-5H,2-3H2,1H3;1H4/b6-5+;;. The van der Waals surface area contributed by atoms with Crippen LogP contribution in [0.25, 0.3) is 0 Å². The normalized spacial score (nSPS) is 15.1. The predicted molar refractivity (Wildman–Crippen MR) is 88.9 cm³/mol. The molecular weight excluding hydrogens is 264 g/mol. The van der Waals surface area contributed by atoms with E-state index in [0.717, 1.165) is 18.5 Å². The van der Waals surface area contributed by atoms with E-state index in [1.807, 2.05) is 32.2 Å². The highest BCUT2D eigenvalue weighted by Crippen LogP contribution is 2.07. The molecule has 4 heteroatoms. The van der Waals surface area contributed by atoms with Crippen LogP contribution in [0.5, 0.6) is 0 Å². The van der Waals surface area contributed by atoms with E-state index in [4.69, 9.17) is 0 Å². The van der Waals surface area contributed by atoms with Crippen LogP contribution in [0.3, 0.4) is 0 Å². The molecule has 0 aromatic rings. The molecule has 2 heterocycles.